The summed E-state index contributed by atoms with van der Waals surface area (Å²) < 4.78 is 11.0. The van der Waals surface area contributed by atoms with Crippen LogP contribution in [0.5, 0.6) is 5.75 Å². The number of piperidine rings is 1. The lowest BCUT2D eigenvalue weighted by Gasteiger charge is -2.32. The van der Waals surface area contributed by atoms with Gasteiger partial charge in [-0.3, -0.25) is 14.4 Å². The van der Waals surface area contributed by atoms with E-state index in [1.165, 1.54) is 4.90 Å². The second-order valence-electron chi connectivity index (χ2n) is 7.98. The quantitative estimate of drug-likeness (QED) is 0.546. The molecule has 1 fully saturated rings. The monoisotopic (exact) mass is 472 g/mol. The van der Waals surface area contributed by atoms with Crippen LogP contribution >= 0.6 is 11.6 Å². The van der Waals surface area contributed by atoms with Crippen molar-refractivity contribution in [3.8, 4) is 5.75 Å². The number of carbonyl (C=O) groups excluding carboxylic acids is 3. The SMILES string of the molecule is CCOC(=O)C1CCN(C(=O)CN(C)C(=O)c2ccccc2OCc2ccc(Cl)cc2)CC1. The van der Waals surface area contributed by atoms with Gasteiger partial charge in [0.1, 0.15) is 12.4 Å². The van der Waals surface area contributed by atoms with Crippen molar-refractivity contribution in [2.75, 3.05) is 33.3 Å². The molecule has 0 atom stereocenters. The third kappa shape index (κ3) is 6.71. The van der Waals surface area contributed by atoms with Crippen LogP contribution in [0.2, 0.25) is 5.02 Å². The van der Waals surface area contributed by atoms with E-state index in [0.717, 1.165) is 5.56 Å². The minimum Gasteiger partial charge on any atom is -0.488 e. The number of likely N-dealkylation sites (tertiary alicyclic amines) is 1. The summed E-state index contributed by atoms with van der Waals surface area (Å²) in [6.45, 7) is 3.34. The largest absolute Gasteiger partial charge is 0.488 e. The van der Waals surface area contributed by atoms with Crippen molar-refractivity contribution in [3.63, 3.8) is 0 Å². The first-order valence-electron chi connectivity index (χ1n) is 11.0. The van der Waals surface area contributed by atoms with E-state index in [1.54, 1.807) is 55.3 Å². The van der Waals surface area contributed by atoms with E-state index in [0.29, 0.717) is 55.5 Å². The highest BCUT2D eigenvalue weighted by molar-refractivity contribution is 6.30. The third-order valence-electron chi connectivity index (χ3n) is 5.61. The van der Waals surface area contributed by atoms with E-state index in [2.05, 4.69) is 0 Å². The van der Waals surface area contributed by atoms with Gasteiger partial charge in [-0.15, -0.1) is 0 Å². The zero-order chi connectivity index (χ0) is 23.8. The molecule has 0 N–H and O–H groups in total. The number of carbonyl (C=O) groups is 3. The molecule has 0 bridgehead atoms. The first-order chi connectivity index (χ1) is 15.9. The molecule has 7 nitrogen and oxygen atoms in total. The molecule has 0 aromatic heterocycles. The first kappa shape index (κ1) is 24.6. The number of likely N-dealkylation sites (N-methyl/N-ethyl adjacent to an activating group) is 1. The summed E-state index contributed by atoms with van der Waals surface area (Å²) in [6.07, 6.45) is 1.15. The number of rotatable bonds is 8. The smallest absolute Gasteiger partial charge is 0.309 e. The highest BCUT2D eigenvalue weighted by atomic mass is 35.5. The number of nitrogens with zero attached hydrogens (tertiary/aromatic N) is 2. The standard InChI is InChI=1S/C25H29ClN2O5/c1-3-32-25(31)19-12-14-28(15-13-19)23(29)16-27(2)24(30)21-6-4-5-7-22(21)33-17-18-8-10-20(26)11-9-18/h4-11,19H,3,12-17H2,1-2H3. The summed E-state index contributed by atoms with van der Waals surface area (Å²) in [5, 5.41) is 0.644. The fraction of sp³-hybridized carbons (Fsp3) is 0.400. The van der Waals surface area contributed by atoms with Gasteiger partial charge in [-0.1, -0.05) is 35.9 Å². The fourth-order valence-corrected chi connectivity index (χ4v) is 3.84. The molecule has 1 aliphatic rings. The predicted octanol–water partition coefficient (Wildman–Crippen LogP) is 3.79. The number of hydrogen-bond acceptors (Lipinski definition) is 5. The zero-order valence-corrected chi connectivity index (χ0v) is 19.7. The van der Waals surface area contributed by atoms with Crippen LogP contribution in [0.1, 0.15) is 35.7 Å². The van der Waals surface area contributed by atoms with Gasteiger partial charge < -0.3 is 19.3 Å². The Morgan fingerprint density at radius 2 is 1.73 bits per heavy atom. The number of hydrogen-bond donors (Lipinski definition) is 0. The maximum absolute atomic E-state index is 13.0. The predicted molar refractivity (Wildman–Crippen MR) is 125 cm³/mol. The molecule has 0 aliphatic carbocycles. The Balaban J connectivity index is 1.56. The molecule has 33 heavy (non-hydrogen) atoms. The lowest BCUT2D eigenvalue weighted by molar-refractivity contribution is -0.151. The lowest BCUT2D eigenvalue weighted by atomic mass is 9.97. The average molecular weight is 473 g/mol. The first-order valence-corrected chi connectivity index (χ1v) is 11.4. The van der Waals surface area contributed by atoms with Crippen LogP contribution in [0.25, 0.3) is 0 Å². The van der Waals surface area contributed by atoms with Crippen LogP contribution in [0.15, 0.2) is 48.5 Å². The molecule has 1 aliphatic heterocycles. The van der Waals surface area contributed by atoms with E-state index >= 15 is 0 Å². The van der Waals surface area contributed by atoms with Gasteiger partial charge >= 0.3 is 5.97 Å². The van der Waals surface area contributed by atoms with Gasteiger partial charge in [0.2, 0.25) is 5.91 Å². The molecule has 0 spiro atoms. The summed E-state index contributed by atoms with van der Waals surface area (Å²) in [4.78, 5) is 40.8. The minimum atomic E-state index is -0.295. The summed E-state index contributed by atoms with van der Waals surface area (Å²) in [6, 6.07) is 14.3. The van der Waals surface area contributed by atoms with E-state index in [-0.39, 0.29) is 30.2 Å². The number of esters is 1. The van der Waals surface area contributed by atoms with Crippen molar-refractivity contribution >= 4 is 29.4 Å². The van der Waals surface area contributed by atoms with Crippen molar-refractivity contribution in [2.24, 2.45) is 5.92 Å². The molecule has 0 unspecified atom stereocenters. The number of para-hydroxylation sites is 1. The number of amides is 2. The molecular weight excluding hydrogens is 444 g/mol. The maximum Gasteiger partial charge on any atom is 0.309 e. The van der Waals surface area contributed by atoms with Gasteiger partial charge in [-0.2, -0.15) is 0 Å². The Bertz CT molecular complexity index is 971. The number of ether oxygens (including phenoxy) is 2. The molecule has 0 radical (unpaired) electrons. The number of halogens is 1. The third-order valence-corrected chi connectivity index (χ3v) is 5.86. The Hall–Kier alpha value is -3.06. The second kappa shape index (κ2) is 11.7. The molecule has 2 aromatic carbocycles. The van der Waals surface area contributed by atoms with Crippen LogP contribution in [0, 0.1) is 5.92 Å². The summed E-state index contributed by atoms with van der Waals surface area (Å²) in [5.41, 5.74) is 1.32. The minimum absolute atomic E-state index is 0.0472. The van der Waals surface area contributed by atoms with Crippen LogP contribution in [-0.2, 0) is 20.9 Å². The molecule has 176 valence electrons. The molecular formula is C25H29ClN2O5. The fourth-order valence-electron chi connectivity index (χ4n) is 3.72. The van der Waals surface area contributed by atoms with Crippen LogP contribution < -0.4 is 4.74 Å². The Kier molecular flexibility index (Phi) is 8.72. The van der Waals surface area contributed by atoms with Crippen LogP contribution in [-0.4, -0.2) is 60.9 Å². The maximum atomic E-state index is 13.0. The van der Waals surface area contributed by atoms with Crippen molar-refractivity contribution in [1.29, 1.82) is 0 Å². The average Bonchev–Trinajstić information content (AvgIpc) is 2.83. The highest BCUT2D eigenvalue weighted by Crippen LogP contribution is 2.22. The summed E-state index contributed by atoms with van der Waals surface area (Å²) in [5.74, 6) is -0.360. The molecule has 2 amide bonds. The Morgan fingerprint density at radius 3 is 2.39 bits per heavy atom. The summed E-state index contributed by atoms with van der Waals surface area (Å²) >= 11 is 5.92. The van der Waals surface area contributed by atoms with Gasteiger partial charge in [0, 0.05) is 25.2 Å². The summed E-state index contributed by atoms with van der Waals surface area (Å²) in [7, 11) is 1.60. The number of benzene rings is 2. The van der Waals surface area contributed by atoms with Crippen molar-refractivity contribution in [3.05, 3.63) is 64.7 Å². The second-order valence-corrected chi connectivity index (χ2v) is 8.42. The van der Waals surface area contributed by atoms with Gasteiger partial charge in [-0.25, -0.2) is 0 Å². The van der Waals surface area contributed by atoms with Crippen molar-refractivity contribution < 1.29 is 23.9 Å². The van der Waals surface area contributed by atoms with Crippen LogP contribution in [0.3, 0.4) is 0 Å². The molecule has 8 heteroatoms. The normalized spacial score (nSPS) is 14.0. The van der Waals surface area contributed by atoms with Gasteiger partial charge in [-0.05, 0) is 49.6 Å². The van der Waals surface area contributed by atoms with Gasteiger partial charge in [0.15, 0.2) is 0 Å². The van der Waals surface area contributed by atoms with Crippen LogP contribution in [0.4, 0.5) is 0 Å². The van der Waals surface area contributed by atoms with E-state index in [9.17, 15) is 14.4 Å². The Labute approximate surface area is 199 Å². The van der Waals surface area contributed by atoms with Gasteiger partial charge in [0.05, 0.1) is 24.6 Å². The molecule has 0 saturated carbocycles. The van der Waals surface area contributed by atoms with Gasteiger partial charge in [0.25, 0.3) is 5.91 Å². The van der Waals surface area contributed by atoms with Crippen molar-refractivity contribution in [2.45, 2.75) is 26.4 Å². The lowest BCUT2D eigenvalue weighted by Crippen LogP contribution is -2.45. The topological polar surface area (TPSA) is 76.2 Å². The zero-order valence-electron chi connectivity index (χ0n) is 19.0. The Morgan fingerprint density at radius 1 is 1.06 bits per heavy atom. The highest BCUT2D eigenvalue weighted by Gasteiger charge is 2.29. The van der Waals surface area contributed by atoms with E-state index in [1.807, 2.05) is 12.1 Å². The molecule has 1 saturated heterocycles. The van der Waals surface area contributed by atoms with E-state index < -0.39 is 0 Å². The molecule has 2 aromatic rings. The molecule has 1 heterocycles. The van der Waals surface area contributed by atoms with E-state index in [4.69, 9.17) is 21.1 Å². The van der Waals surface area contributed by atoms with Crippen molar-refractivity contribution in [1.82, 2.24) is 9.80 Å². The molecule has 3 rings (SSSR count).